The highest BCUT2D eigenvalue weighted by molar-refractivity contribution is 5.93. The minimum atomic E-state index is 0.603. The number of rotatable bonds is 12. The van der Waals surface area contributed by atoms with Gasteiger partial charge in [-0.3, -0.25) is 4.99 Å². The van der Waals surface area contributed by atoms with Crippen LogP contribution in [0.5, 0.6) is 11.5 Å². The fourth-order valence-corrected chi connectivity index (χ4v) is 2.35. The van der Waals surface area contributed by atoms with E-state index in [0.29, 0.717) is 12.4 Å². The molecule has 2 N–H and O–H groups in total. The molecule has 26 heavy (non-hydrogen) atoms. The van der Waals surface area contributed by atoms with Gasteiger partial charge in [-0.1, -0.05) is 0 Å². The topological polar surface area (TPSA) is 67.4 Å². The summed E-state index contributed by atoms with van der Waals surface area (Å²) in [4.78, 5) is 6.89. The average Bonchev–Trinajstić information content (AvgIpc) is 2.64. The van der Waals surface area contributed by atoms with Crippen molar-refractivity contribution in [2.75, 3.05) is 66.0 Å². The Labute approximate surface area is 157 Å². The van der Waals surface area contributed by atoms with Crippen LogP contribution in [-0.4, -0.2) is 71.5 Å². The maximum absolute atomic E-state index is 5.55. The highest BCUT2D eigenvalue weighted by atomic mass is 16.5. The summed E-state index contributed by atoms with van der Waals surface area (Å²) in [7, 11) is 5.46. The van der Waals surface area contributed by atoms with Crippen molar-refractivity contribution in [3.05, 3.63) is 18.2 Å². The van der Waals surface area contributed by atoms with Crippen molar-refractivity contribution in [2.45, 2.75) is 20.3 Å². The Balaban J connectivity index is 2.61. The van der Waals surface area contributed by atoms with Gasteiger partial charge in [0.15, 0.2) is 17.5 Å². The number of hydrogen-bond acceptors (Lipinski definition) is 5. The molecule has 1 rings (SSSR count). The lowest BCUT2D eigenvalue weighted by atomic mass is 10.2. The predicted molar refractivity (Wildman–Crippen MR) is 108 cm³/mol. The van der Waals surface area contributed by atoms with Crippen LogP contribution >= 0.6 is 0 Å². The van der Waals surface area contributed by atoms with Crippen LogP contribution in [0.2, 0.25) is 0 Å². The minimum Gasteiger partial charge on any atom is -0.493 e. The van der Waals surface area contributed by atoms with Gasteiger partial charge in [0.2, 0.25) is 0 Å². The van der Waals surface area contributed by atoms with E-state index in [2.05, 4.69) is 34.5 Å². The number of likely N-dealkylation sites (N-methyl/N-ethyl adjacent to an activating group) is 1. The zero-order valence-corrected chi connectivity index (χ0v) is 16.8. The molecule has 0 fully saturated rings. The van der Waals surface area contributed by atoms with Crippen molar-refractivity contribution in [2.24, 2.45) is 4.99 Å². The second-order valence-corrected chi connectivity index (χ2v) is 5.83. The summed E-state index contributed by atoms with van der Waals surface area (Å²) >= 11 is 0. The van der Waals surface area contributed by atoms with E-state index >= 15 is 0 Å². The van der Waals surface area contributed by atoms with Crippen molar-refractivity contribution in [1.82, 2.24) is 10.2 Å². The lowest BCUT2D eigenvalue weighted by molar-refractivity contribution is 0.161. The van der Waals surface area contributed by atoms with Crippen LogP contribution in [0.25, 0.3) is 0 Å². The van der Waals surface area contributed by atoms with Gasteiger partial charge in [-0.15, -0.1) is 0 Å². The zero-order valence-electron chi connectivity index (χ0n) is 16.8. The number of methoxy groups -OCH3 is 2. The second kappa shape index (κ2) is 13.2. The van der Waals surface area contributed by atoms with Gasteiger partial charge in [0.1, 0.15) is 0 Å². The summed E-state index contributed by atoms with van der Waals surface area (Å²) in [6.07, 6.45) is 0.989. The van der Waals surface area contributed by atoms with E-state index in [9.17, 15) is 0 Å². The number of guanidine groups is 1. The van der Waals surface area contributed by atoms with Crippen molar-refractivity contribution < 1.29 is 14.2 Å². The van der Waals surface area contributed by atoms with Crippen molar-refractivity contribution in [3.63, 3.8) is 0 Å². The molecule has 0 aliphatic rings. The average molecular weight is 367 g/mol. The number of nitrogens with one attached hydrogen (secondary N) is 2. The Morgan fingerprint density at radius 3 is 2.62 bits per heavy atom. The molecule has 0 amide bonds. The Morgan fingerprint density at radius 1 is 1.15 bits per heavy atom. The molecule has 0 unspecified atom stereocenters. The summed E-state index contributed by atoms with van der Waals surface area (Å²) in [5, 5.41) is 6.58. The minimum absolute atomic E-state index is 0.603. The first kappa shape index (κ1) is 22.1. The molecule has 0 aromatic heterocycles. The molecular formula is C19H34N4O3. The largest absolute Gasteiger partial charge is 0.493 e. The third-order valence-electron chi connectivity index (χ3n) is 3.72. The molecule has 148 valence electrons. The third-order valence-corrected chi connectivity index (χ3v) is 3.72. The van der Waals surface area contributed by atoms with E-state index in [1.54, 1.807) is 14.2 Å². The summed E-state index contributed by atoms with van der Waals surface area (Å²) < 4.78 is 16.0. The van der Waals surface area contributed by atoms with Crippen LogP contribution in [0.3, 0.4) is 0 Å². The molecule has 0 saturated carbocycles. The highest BCUT2D eigenvalue weighted by Gasteiger charge is 2.07. The van der Waals surface area contributed by atoms with E-state index in [1.165, 1.54) is 0 Å². The first-order valence-electron chi connectivity index (χ1n) is 9.18. The summed E-state index contributed by atoms with van der Waals surface area (Å²) in [5.74, 6) is 2.20. The maximum atomic E-state index is 5.55. The van der Waals surface area contributed by atoms with Crippen LogP contribution in [0.15, 0.2) is 23.2 Å². The number of nitrogens with zero attached hydrogens (tertiary/aromatic N) is 2. The van der Waals surface area contributed by atoms with Crippen LogP contribution in [-0.2, 0) is 4.74 Å². The fourth-order valence-electron chi connectivity index (χ4n) is 2.35. The summed E-state index contributed by atoms with van der Waals surface area (Å²) in [6.45, 7) is 8.83. The highest BCUT2D eigenvalue weighted by Crippen LogP contribution is 2.30. The first-order valence-corrected chi connectivity index (χ1v) is 9.18. The van der Waals surface area contributed by atoms with E-state index in [-0.39, 0.29) is 0 Å². The van der Waals surface area contributed by atoms with Crippen molar-refractivity contribution >= 4 is 11.6 Å². The molecule has 0 aliphatic carbocycles. The Morgan fingerprint density at radius 2 is 1.96 bits per heavy atom. The number of benzene rings is 1. The molecule has 0 spiro atoms. The number of ether oxygens (including phenoxy) is 3. The molecular weight excluding hydrogens is 332 g/mol. The lowest BCUT2D eigenvalue weighted by Crippen LogP contribution is -2.31. The third kappa shape index (κ3) is 8.40. The number of hydrogen-bond donors (Lipinski definition) is 2. The van der Waals surface area contributed by atoms with Crippen LogP contribution in [0, 0.1) is 0 Å². The normalized spacial score (nSPS) is 11.5. The Bertz CT molecular complexity index is 538. The monoisotopic (exact) mass is 366 g/mol. The second-order valence-electron chi connectivity index (χ2n) is 5.83. The maximum Gasteiger partial charge on any atom is 0.195 e. The van der Waals surface area contributed by atoms with E-state index in [4.69, 9.17) is 14.2 Å². The lowest BCUT2D eigenvalue weighted by Gasteiger charge is -2.16. The number of aliphatic imine (C=N–C) groups is 1. The first-order chi connectivity index (χ1) is 12.6. The molecule has 1 aromatic carbocycles. The smallest absolute Gasteiger partial charge is 0.195 e. The van der Waals surface area contributed by atoms with Gasteiger partial charge in [0.25, 0.3) is 0 Å². The van der Waals surface area contributed by atoms with E-state index in [1.807, 2.05) is 25.1 Å². The van der Waals surface area contributed by atoms with Crippen LogP contribution < -0.4 is 20.1 Å². The van der Waals surface area contributed by atoms with Gasteiger partial charge in [-0.2, -0.15) is 0 Å². The number of anilines is 1. The standard InChI is InChI=1S/C19H34N4O3/c1-6-20-19(21-11-8-12-23(3)13-14-24-4)22-16-9-10-17(26-7-2)18(15-16)25-5/h9-10,15H,6-8,11-14H2,1-5H3,(H2,20,21,22). The molecule has 0 radical (unpaired) electrons. The fraction of sp³-hybridized carbons (Fsp3) is 0.632. The van der Waals surface area contributed by atoms with Gasteiger partial charge in [0, 0.05) is 38.5 Å². The van der Waals surface area contributed by atoms with Crippen molar-refractivity contribution in [1.29, 1.82) is 0 Å². The molecule has 0 saturated heterocycles. The van der Waals surface area contributed by atoms with Crippen molar-refractivity contribution in [3.8, 4) is 11.5 Å². The quantitative estimate of drug-likeness (QED) is 0.336. The van der Waals surface area contributed by atoms with E-state index in [0.717, 1.165) is 56.6 Å². The van der Waals surface area contributed by atoms with E-state index < -0.39 is 0 Å². The molecule has 1 aromatic rings. The van der Waals surface area contributed by atoms with Gasteiger partial charge in [0.05, 0.1) is 20.3 Å². The molecule has 0 atom stereocenters. The zero-order chi connectivity index (χ0) is 19.2. The molecule has 7 heteroatoms. The van der Waals surface area contributed by atoms with Crippen LogP contribution in [0.4, 0.5) is 5.69 Å². The Kier molecular flexibility index (Phi) is 11.2. The van der Waals surface area contributed by atoms with Gasteiger partial charge < -0.3 is 29.7 Å². The Hall–Kier alpha value is -1.99. The molecule has 0 heterocycles. The predicted octanol–water partition coefficient (Wildman–Crippen LogP) is 2.44. The van der Waals surface area contributed by atoms with Gasteiger partial charge in [-0.05, 0) is 46.0 Å². The SMILES string of the molecule is CCNC(=NCCCN(C)CCOC)Nc1ccc(OCC)c(OC)c1. The van der Waals surface area contributed by atoms with Gasteiger partial charge in [-0.25, -0.2) is 0 Å². The van der Waals surface area contributed by atoms with Crippen LogP contribution in [0.1, 0.15) is 20.3 Å². The van der Waals surface area contributed by atoms with Gasteiger partial charge >= 0.3 is 0 Å². The summed E-state index contributed by atoms with van der Waals surface area (Å²) in [6, 6.07) is 5.77. The molecule has 0 aliphatic heterocycles. The molecule has 0 bridgehead atoms. The molecule has 7 nitrogen and oxygen atoms in total. The summed E-state index contributed by atoms with van der Waals surface area (Å²) in [5.41, 5.74) is 0.905.